The van der Waals surface area contributed by atoms with Crippen LogP contribution >= 0.6 is 0 Å². The summed E-state index contributed by atoms with van der Waals surface area (Å²) < 4.78 is 0. The highest BCUT2D eigenvalue weighted by molar-refractivity contribution is 5.39. The van der Waals surface area contributed by atoms with Crippen LogP contribution in [0.4, 0.5) is 0 Å². The average Bonchev–Trinajstić information content (AvgIpc) is 2.58. The van der Waals surface area contributed by atoms with Crippen LogP contribution in [0.5, 0.6) is 0 Å². The van der Waals surface area contributed by atoms with Gasteiger partial charge in [-0.15, -0.1) is 0 Å². The molecule has 1 aliphatic heterocycles. The first-order valence-corrected chi connectivity index (χ1v) is 6.77. The number of hydrogen-bond acceptors (Lipinski definition) is 1. The van der Waals surface area contributed by atoms with Gasteiger partial charge in [0.1, 0.15) is 0 Å². The molecule has 1 heterocycles. The minimum Gasteiger partial charge on any atom is -0.302 e. The second kappa shape index (κ2) is 5.67. The Hall–Kier alpha value is -0.560. The van der Waals surface area contributed by atoms with E-state index in [1.807, 2.05) is 13.8 Å². The molecule has 0 atom stereocenters. The largest absolute Gasteiger partial charge is 0.302 e. The lowest BCUT2D eigenvalue weighted by molar-refractivity contribution is 0.0389. The Morgan fingerprint density at radius 2 is 1.94 bits per heavy atom. The minimum atomic E-state index is 0.548. The van der Waals surface area contributed by atoms with Crippen LogP contribution in [0.1, 0.15) is 47.5 Å². The molecule has 0 saturated carbocycles. The van der Waals surface area contributed by atoms with Crippen molar-refractivity contribution < 1.29 is 0 Å². The summed E-state index contributed by atoms with van der Waals surface area (Å²) >= 11 is 0. The van der Waals surface area contributed by atoms with Gasteiger partial charge in [-0.25, -0.2) is 0 Å². The molecular weight excluding hydrogens is 194 g/mol. The molecule has 1 spiro atoms. The van der Waals surface area contributed by atoms with Crippen LogP contribution in [0.25, 0.3) is 0 Å². The van der Waals surface area contributed by atoms with Crippen LogP contribution in [0, 0.1) is 5.41 Å². The molecule has 1 fully saturated rings. The SMILES string of the molecule is C/C=C\C1=C(C)CCC12CN(CC)C2.CC. The summed E-state index contributed by atoms with van der Waals surface area (Å²) in [7, 11) is 0. The first kappa shape index (κ1) is 13.5. The van der Waals surface area contributed by atoms with Gasteiger partial charge >= 0.3 is 0 Å². The summed E-state index contributed by atoms with van der Waals surface area (Å²) in [6, 6.07) is 0. The molecule has 0 radical (unpaired) electrons. The Morgan fingerprint density at radius 1 is 1.31 bits per heavy atom. The maximum Gasteiger partial charge on any atom is 0.0210 e. The molecule has 0 amide bonds. The summed E-state index contributed by atoms with van der Waals surface area (Å²) in [5.41, 5.74) is 3.82. The average molecular weight is 221 g/mol. The molecule has 1 aliphatic carbocycles. The van der Waals surface area contributed by atoms with Gasteiger partial charge in [-0.05, 0) is 38.8 Å². The van der Waals surface area contributed by atoms with E-state index in [-0.39, 0.29) is 0 Å². The predicted molar refractivity (Wildman–Crippen MR) is 72.6 cm³/mol. The lowest BCUT2D eigenvalue weighted by Gasteiger charge is -2.49. The summed E-state index contributed by atoms with van der Waals surface area (Å²) in [5.74, 6) is 0. The maximum atomic E-state index is 2.54. The fraction of sp³-hybridized carbons (Fsp3) is 0.733. The van der Waals surface area contributed by atoms with E-state index in [0.717, 1.165) is 0 Å². The molecule has 2 aliphatic rings. The zero-order valence-corrected chi connectivity index (χ0v) is 11.6. The van der Waals surface area contributed by atoms with Crippen molar-refractivity contribution in [2.45, 2.75) is 47.5 Å². The molecule has 0 aromatic rings. The second-order valence-corrected chi connectivity index (χ2v) is 4.78. The van der Waals surface area contributed by atoms with E-state index in [0.29, 0.717) is 5.41 Å². The molecular formula is C15H27N. The van der Waals surface area contributed by atoms with E-state index in [1.54, 1.807) is 11.1 Å². The number of hydrogen-bond donors (Lipinski definition) is 0. The van der Waals surface area contributed by atoms with Crippen LogP contribution in [0.2, 0.25) is 0 Å². The normalized spacial score (nSPS) is 23.6. The van der Waals surface area contributed by atoms with Crippen LogP contribution in [-0.2, 0) is 0 Å². The Balaban J connectivity index is 0.000000606. The lowest BCUT2D eigenvalue weighted by atomic mass is 9.73. The monoisotopic (exact) mass is 221 g/mol. The summed E-state index contributed by atoms with van der Waals surface area (Å²) in [6.07, 6.45) is 7.24. The third-order valence-corrected chi connectivity index (χ3v) is 3.84. The lowest BCUT2D eigenvalue weighted by Crippen LogP contribution is -2.55. The highest BCUT2D eigenvalue weighted by Gasteiger charge is 2.47. The van der Waals surface area contributed by atoms with Crippen molar-refractivity contribution in [2.24, 2.45) is 5.41 Å². The summed E-state index contributed by atoms with van der Waals surface area (Å²) in [6.45, 7) is 14.5. The van der Waals surface area contributed by atoms with E-state index in [9.17, 15) is 0 Å². The van der Waals surface area contributed by atoms with Crippen LogP contribution < -0.4 is 0 Å². The minimum absolute atomic E-state index is 0.548. The molecule has 0 bridgehead atoms. The van der Waals surface area contributed by atoms with Crippen LogP contribution in [0.3, 0.4) is 0 Å². The van der Waals surface area contributed by atoms with Crippen molar-refractivity contribution >= 4 is 0 Å². The van der Waals surface area contributed by atoms with Gasteiger partial charge in [-0.2, -0.15) is 0 Å². The van der Waals surface area contributed by atoms with Crippen molar-refractivity contribution in [1.29, 1.82) is 0 Å². The quantitative estimate of drug-likeness (QED) is 0.680. The van der Waals surface area contributed by atoms with Gasteiger partial charge in [0.25, 0.3) is 0 Å². The molecule has 0 N–H and O–H groups in total. The van der Waals surface area contributed by atoms with E-state index in [4.69, 9.17) is 0 Å². The summed E-state index contributed by atoms with van der Waals surface area (Å²) in [5, 5.41) is 0. The highest BCUT2D eigenvalue weighted by Crippen LogP contribution is 2.49. The topological polar surface area (TPSA) is 3.24 Å². The Bertz CT molecular complexity index is 280. The van der Waals surface area contributed by atoms with Crippen molar-refractivity contribution in [2.75, 3.05) is 19.6 Å². The summed E-state index contributed by atoms with van der Waals surface area (Å²) in [4.78, 5) is 2.54. The standard InChI is InChI=1S/C13H21N.C2H6/c1-4-6-12-11(3)7-8-13(12)9-14(5-2)10-13;1-2/h4,6H,5,7-10H2,1-3H3;1-2H3/b6-4-;. The first-order valence-electron chi connectivity index (χ1n) is 6.77. The Morgan fingerprint density at radius 3 is 2.44 bits per heavy atom. The van der Waals surface area contributed by atoms with Gasteiger partial charge in [0.2, 0.25) is 0 Å². The van der Waals surface area contributed by atoms with Gasteiger partial charge in [0.05, 0.1) is 0 Å². The fourth-order valence-corrected chi connectivity index (χ4v) is 3.00. The van der Waals surface area contributed by atoms with Crippen LogP contribution in [0.15, 0.2) is 23.3 Å². The van der Waals surface area contributed by atoms with E-state index >= 15 is 0 Å². The van der Waals surface area contributed by atoms with E-state index in [1.165, 1.54) is 32.5 Å². The maximum absolute atomic E-state index is 2.54. The molecule has 16 heavy (non-hydrogen) atoms. The number of allylic oxidation sites excluding steroid dienone is 3. The fourth-order valence-electron chi connectivity index (χ4n) is 3.00. The van der Waals surface area contributed by atoms with Gasteiger partial charge < -0.3 is 4.90 Å². The molecule has 92 valence electrons. The zero-order valence-electron chi connectivity index (χ0n) is 11.6. The molecule has 2 rings (SSSR count). The number of nitrogens with zero attached hydrogens (tertiary/aromatic N) is 1. The number of rotatable bonds is 2. The van der Waals surface area contributed by atoms with E-state index in [2.05, 4.69) is 37.8 Å². The van der Waals surface area contributed by atoms with Gasteiger partial charge in [-0.3, -0.25) is 0 Å². The second-order valence-electron chi connectivity index (χ2n) is 4.78. The first-order chi connectivity index (χ1) is 7.72. The molecule has 1 saturated heterocycles. The van der Waals surface area contributed by atoms with Crippen molar-refractivity contribution in [3.63, 3.8) is 0 Å². The van der Waals surface area contributed by atoms with E-state index < -0.39 is 0 Å². The highest BCUT2D eigenvalue weighted by atomic mass is 15.2. The zero-order chi connectivity index (χ0) is 12.2. The third-order valence-electron chi connectivity index (χ3n) is 3.84. The predicted octanol–water partition coefficient (Wildman–Crippen LogP) is 4.02. The van der Waals surface area contributed by atoms with Crippen LogP contribution in [-0.4, -0.2) is 24.5 Å². The van der Waals surface area contributed by atoms with Crippen molar-refractivity contribution in [3.8, 4) is 0 Å². The molecule has 0 aromatic heterocycles. The van der Waals surface area contributed by atoms with Crippen molar-refractivity contribution in [3.05, 3.63) is 23.3 Å². The third kappa shape index (κ3) is 2.24. The molecule has 0 aromatic carbocycles. The van der Waals surface area contributed by atoms with Crippen molar-refractivity contribution in [1.82, 2.24) is 4.90 Å². The molecule has 0 unspecified atom stereocenters. The smallest absolute Gasteiger partial charge is 0.0210 e. The Labute approximate surface area is 101 Å². The molecule has 1 heteroatoms. The van der Waals surface area contributed by atoms with Gasteiger partial charge in [0.15, 0.2) is 0 Å². The van der Waals surface area contributed by atoms with Gasteiger partial charge in [-0.1, -0.05) is 38.5 Å². The molecule has 1 nitrogen and oxygen atoms in total. The van der Waals surface area contributed by atoms with Gasteiger partial charge in [0, 0.05) is 18.5 Å². The number of likely N-dealkylation sites (tertiary alicyclic amines) is 1. The Kier molecular flexibility index (Phi) is 4.79.